The number of nitrogens with two attached hydrogens (primary N) is 1. The van der Waals surface area contributed by atoms with Crippen molar-refractivity contribution in [3.63, 3.8) is 0 Å². The maximum atomic E-state index is 12.7. The average molecular weight is 230 g/mol. The molecule has 0 aliphatic rings. The van der Waals surface area contributed by atoms with Crippen molar-refractivity contribution in [2.45, 2.75) is 19.9 Å². The van der Waals surface area contributed by atoms with E-state index in [2.05, 4.69) is 9.72 Å². The number of hydrogen-bond acceptors (Lipinski definition) is 4. The number of ether oxygens (including phenoxy) is 1. The Labute approximate surface area is 91.4 Å². The first-order valence-electron chi connectivity index (χ1n) is 4.58. The highest BCUT2D eigenvalue weighted by Gasteiger charge is 2.23. The van der Waals surface area contributed by atoms with E-state index in [-0.39, 0.29) is 12.1 Å². The first-order chi connectivity index (χ1) is 7.51. The summed E-state index contributed by atoms with van der Waals surface area (Å²) in [6.45, 7) is 1.58. The van der Waals surface area contributed by atoms with Gasteiger partial charge >= 0.3 is 5.97 Å². The predicted octanol–water partition coefficient (Wildman–Crippen LogP) is 1.57. The second-order valence-electron chi connectivity index (χ2n) is 3.19. The van der Waals surface area contributed by atoms with E-state index >= 15 is 0 Å². The quantitative estimate of drug-likeness (QED) is 0.800. The van der Waals surface area contributed by atoms with Crippen LogP contribution >= 0.6 is 0 Å². The molecule has 0 atom stereocenters. The van der Waals surface area contributed by atoms with Crippen LogP contribution in [0.15, 0.2) is 6.07 Å². The Bertz CT molecular complexity index is 408. The predicted molar refractivity (Wildman–Crippen MR) is 53.2 cm³/mol. The SMILES string of the molecule is COC(=O)c1c(C)cc(CN)nc1C(F)F. The van der Waals surface area contributed by atoms with Crippen molar-refractivity contribution < 1.29 is 18.3 Å². The van der Waals surface area contributed by atoms with Gasteiger partial charge in [-0.2, -0.15) is 0 Å². The van der Waals surface area contributed by atoms with Crippen molar-refractivity contribution in [1.29, 1.82) is 0 Å². The Morgan fingerprint density at radius 2 is 2.25 bits per heavy atom. The van der Waals surface area contributed by atoms with Gasteiger partial charge in [-0.25, -0.2) is 18.6 Å². The fraction of sp³-hybridized carbons (Fsp3) is 0.400. The topological polar surface area (TPSA) is 65.2 Å². The van der Waals surface area contributed by atoms with Crippen LogP contribution in [0.5, 0.6) is 0 Å². The summed E-state index contributed by atoms with van der Waals surface area (Å²) >= 11 is 0. The highest BCUT2D eigenvalue weighted by atomic mass is 19.3. The van der Waals surface area contributed by atoms with Crippen LogP contribution in [0.25, 0.3) is 0 Å². The van der Waals surface area contributed by atoms with Gasteiger partial charge in [0.2, 0.25) is 0 Å². The largest absolute Gasteiger partial charge is 0.465 e. The lowest BCUT2D eigenvalue weighted by Gasteiger charge is -2.11. The maximum absolute atomic E-state index is 12.7. The number of carbonyl (C=O) groups excluding carboxylic acids is 1. The van der Waals surface area contributed by atoms with Crippen LogP contribution in [0.2, 0.25) is 0 Å². The van der Waals surface area contributed by atoms with E-state index in [1.54, 1.807) is 6.92 Å². The highest BCUT2D eigenvalue weighted by molar-refractivity contribution is 5.92. The third kappa shape index (κ3) is 2.33. The van der Waals surface area contributed by atoms with Crippen molar-refractivity contribution in [1.82, 2.24) is 4.98 Å². The Kier molecular flexibility index (Phi) is 3.89. The van der Waals surface area contributed by atoms with E-state index in [1.165, 1.54) is 6.07 Å². The monoisotopic (exact) mass is 230 g/mol. The summed E-state index contributed by atoms with van der Waals surface area (Å²) in [6.07, 6.45) is -2.83. The van der Waals surface area contributed by atoms with Crippen molar-refractivity contribution in [3.8, 4) is 0 Å². The molecule has 0 aliphatic carbocycles. The molecule has 0 aliphatic heterocycles. The van der Waals surface area contributed by atoms with Crippen LogP contribution in [0, 0.1) is 6.92 Å². The molecule has 2 N–H and O–H groups in total. The van der Waals surface area contributed by atoms with Crippen LogP contribution in [-0.4, -0.2) is 18.1 Å². The van der Waals surface area contributed by atoms with E-state index in [0.717, 1.165) is 7.11 Å². The molecule has 1 heterocycles. The molecule has 6 heteroatoms. The van der Waals surface area contributed by atoms with Crippen LogP contribution < -0.4 is 5.73 Å². The molecule has 0 saturated heterocycles. The average Bonchev–Trinajstić information content (AvgIpc) is 2.26. The second-order valence-corrected chi connectivity index (χ2v) is 3.19. The minimum absolute atomic E-state index is 0.0437. The lowest BCUT2D eigenvalue weighted by Crippen LogP contribution is -2.13. The molecule has 0 amide bonds. The Morgan fingerprint density at radius 1 is 1.62 bits per heavy atom. The van der Waals surface area contributed by atoms with E-state index < -0.39 is 18.1 Å². The maximum Gasteiger partial charge on any atom is 0.340 e. The van der Waals surface area contributed by atoms with Crippen LogP contribution in [0.3, 0.4) is 0 Å². The number of aromatic nitrogens is 1. The van der Waals surface area contributed by atoms with E-state index in [1.807, 2.05) is 0 Å². The van der Waals surface area contributed by atoms with Crippen LogP contribution in [0.4, 0.5) is 8.78 Å². The lowest BCUT2D eigenvalue weighted by molar-refractivity contribution is 0.0586. The molecule has 0 spiro atoms. The fourth-order valence-electron chi connectivity index (χ4n) is 1.40. The minimum Gasteiger partial charge on any atom is -0.465 e. The van der Waals surface area contributed by atoms with E-state index in [9.17, 15) is 13.6 Å². The van der Waals surface area contributed by atoms with Gasteiger partial charge in [0.05, 0.1) is 18.4 Å². The van der Waals surface area contributed by atoms with Gasteiger partial charge in [-0.3, -0.25) is 0 Å². The molecule has 0 saturated carbocycles. The van der Waals surface area contributed by atoms with Crippen molar-refractivity contribution in [2.24, 2.45) is 5.73 Å². The number of rotatable bonds is 3. The molecule has 0 bridgehead atoms. The highest BCUT2D eigenvalue weighted by Crippen LogP contribution is 2.24. The number of esters is 1. The summed E-state index contributed by atoms with van der Waals surface area (Å²) in [4.78, 5) is 15.0. The fourth-order valence-corrected chi connectivity index (χ4v) is 1.40. The van der Waals surface area contributed by atoms with Gasteiger partial charge in [0.15, 0.2) is 0 Å². The van der Waals surface area contributed by atoms with Crippen LogP contribution in [0.1, 0.15) is 33.7 Å². The number of methoxy groups -OCH3 is 1. The molecule has 0 unspecified atom stereocenters. The van der Waals surface area contributed by atoms with Gasteiger partial charge in [0.1, 0.15) is 5.69 Å². The summed E-state index contributed by atoms with van der Waals surface area (Å²) in [6, 6.07) is 1.50. The number of halogens is 2. The summed E-state index contributed by atoms with van der Waals surface area (Å²) in [5.74, 6) is -0.816. The molecule has 0 fully saturated rings. The number of hydrogen-bond donors (Lipinski definition) is 1. The molecule has 1 aromatic heterocycles. The summed E-state index contributed by atoms with van der Waals surface area (Å²) in [7, 11) is 1.13. The summed E-state index contributed by atoms with van der Waals surface area (Å²) in [5, 5.41) is 0. The first kappa shape index (κ1) is 12.5. The Morgan fingerprint density at radius 3 is 2.69 bits per heavy atom. The van der Waals surface area contributed by atoms with Gasteiger partial charge in [-0.1, -0.05) is 0 Å². The molecular formula is C10H12F2N2O2. The van der Waals surface area contributed by atoms with Crippen molar-refractivity contribution >= 4 is 5.97 Å². The molecule has 1 rings (SSSR count). The molecule has 88 valence electrons. The van der Waals surface area contributed by atoms with Gasteiger partial charge < -0.3 is 10.5 Å². The molecule has 4 nitrogen and oxygen atoms in total. The summed E-state index contributed by atoms with van der Waals surface area (Å²) in [5.41, 5.74) is 5.27. The van der Waals surface area contributed by atoms with Crippen molar-refractivity contribution in [3.05, 3.63) is 28.6 Å². The third-order valence-corrected chi connectivity index (χ3v) is 2.10. The minimum atomic E-state index is -2.83. The summed E-state index contributed by atoms with van der Waals surface area (Å²) < 4.78 is 29.9. The number of aryl methyl sites for hydroxylation is 1. The molecule has 0 radical (unpaired) electrons. The standard InChI is InChI=1S/C10H12F2N2O2/c1-5-3-6(4-13)14-8(9(11)12)7(5)10(15)16-2/h3,9H,4,13H2,1-2H3. The molecule has 1 aromatic rings. The van der Waals surface area contributed by atoms with Gasteiger partial charge in [0, 0.05) is 6.54 Å². The Hall–Kier alpha value is -1.56. The number of alkyl halides is 2. The van der Waals surface area contributed by atoms with Gasteiger partial charge in [0.25, 0.3) is 6.43 Å². The molecule has 16 heavy (non-hydrogen) atoms. The smallest absolute Gasteiger partial charge is 0.340 e. The van der Waals surface area contributed by atoms with Gasteiger partial charge in [-0.15, -0.1) is 0 Å². The van der Waals surface area contributed by atoms with Crippen molar-refractivity contribution in [2.75, 3.05) is 7.11 Å². The second kappa shape index (κ2) is 4.98. The zero-order chi connectivity index (χ0) is 12.3. The van der Waals surface area contributed by atoms with E-state index in [0.29, 0.717) is 11.3 Å². The van der Waals surface area contributed by atoms with Crippen LogP contribution in [-0.2, 0) is 11.3 Å². The number of pyridine rings is 1. The van der Waals surface area contributed by atoms with Gasteiger partial charge in [-0.05, 0) is 18.6 Å². The molecule has 0 aromatic carbocycles. The molecular weight excluding hydrogens is 218 g/mol. The number of nitrogens with zero attached hydrogens (tertiary/aromatic N) is 1. The Balaban J connectivity index is 3.39. The van der Waals surface area contributed by atoms with E-state index in [4.69, 9.17) is 5.73 Å². The number of carbonyl (C=O) groups is 1. The lowest BCUT2D eigenvalue weighted by atomic mass is 10.1. The zero-order valence-corrected chi connectivity index (χ0v) is 8.96. The third-order valence-electron chi connectivity index (χ3n) is 2.10. The normalized spacial score (nSPS) is 10.6. The first-order valence-corrected chi connectivity index (χ1v) is 4.58. The zero-order valence-electron chi connectivity index (χ0n) is 8.96.